The largest absolute Gasteiger partial charge is 0.291 e. The predicted molar refractivity (Wildman–Crippen MR) is 97.0 cm³/mol. The van der Waals surface area contributed by atoms with Crippen LogP contribution in [0.3, 0.4) is 0 Å². The fraction of sp³-hybridized carbons (Fsp3) is 0.136. The molecule has 0 amide bonds. The zero-order chi connectivity index (χ0) is 16.6. The number of hydrogen-bond donors (Lipinski definition) is 0. The molecule has 0 atom stereocenters. The molecule has 0 aliphatic rings. The fourth-order valence-electron chi connectivity index (χ4n) is 2.86. The lowest BCUT2D eigenvalue weighted by Crippen LogP contribution is -2.22. The van der Waals surface area contributed by atoms with E-state index in [9.17, 15) is 5.26 Å². The monoisotopic (exact) mass is 312 g/mol. The van der Waals surface area contributed by atoms with E-state index in [1.165, 1.54) is 11.1 Å². The van der Waals surface area contributed by atoms with E-state index in [2.05, 4.69) is 59.5 Å². The van der Waals surface area contributed by atoms with Crippen LogP contribution in [0.1, 0.15) is 22.3 Å². The van der Waals surface area contributed by atoms with Gasteiger partial charge in [0.2, 0.25) is 0 Å². The number of hydrogen-bond acceptors (Lipinski definition) is 2. The third-order valence-electron chi connectivity index (χ3n) is 4.03. The molecule has 0 saturated heterocycles. The molecule has 3 rings (SSSR count). The van der Waals surface area contributed by atoms with E-state index in [-0.39, 0.29) is 0 Å². The average molecular weight is 312 g/mol. The molecule has 118 valence electrons. The first kappa shape index (κ1) is 16.0. The SMILES string of the molecule is N#Cc1ccccc1CN(Cc1ccccc1)Cc1ccccc1. The highest BCUT2D eigenvalue weighted by Crippen LogP contribution is 2.16. The molecule has 2 nitrogen and oxygen atoms in total. The molecule has 0 aromatic heterocycles. The predicted octanol–water partition coefficient (Wildman–Crippen LogP) is 4.76. The molecule has 0 heterocycles. The molecular formula is C22H20N2. The second kappa shape index (κ2) is 8.10. The van der Waals surface area contributed by atoms with Crippen LogP contribution in [-0.4, -0.2) is 4.90 Å². The topological polar surface area (TPSA) is 27.0 Å². The van der Waals surface area contributed by atoms with Crippen molar-refractivity contribution in [1.29, 1.82) is 5.26 Å². The zero-order valence-corrected chi connectivity index (χ0v) is 13.6. The van der Waals surface area contributed by atoms with Crippen LogP contribution < -0.4 is 0 Å². The Morgan fingerprint density at radius 2 is 1.12 bits per heavy atom. The molecule has 0 aliphatic carbocycles. The van der Waals surface area contributed by atoms with Gasteiger partial charge in [-0.15, -0.1) is 0 Å². The van der Waals surface area contributed by atoms with Crippen LogP contribution in [0.15, 0.2) is 84.9 Å². The smallest absolute Gasteiger partial charge is 0.0995 e. The van der Waals surface area contributed by atoms with Gasteiger partial charge in [0.25, 0.3) is 0 Å². The Kier molecular flexibility index (Phi) is 5.40. The maximum Gasteiger partial charge on any atom is 0.0995 e. The van der Waals surface area contributed by atoms with Crippen LogP contribution in [0.25, 0.3) is 0 Å². The highest BCUT2D eigenvalue weighted by molar-refractivity contribution is 5.37. The molecule has 0 unspecified atom stereocenters. The summed E-state index contributed by atoms with van der Waals surface area (Å²) in [5.74, 6) is 0. The van der Waals surface area contributed by atoms with Gasteiger partial charge in [-0.3, -0.25) is 4.90 Å². The van der Waals surface area contributed by atoms with E-state index in [1.54, 1.807) is 0 Å². The Hall–Kier alpha value is -2.89. The summed E-state index contributed by atoms with van der Waals surface area (Å²) in [7, 11) is 0. The highest BCUT2D eigenvalue weighted by Gasteiger charge is 2.10. The number of rotatable bonds is 6. The first-order valence-corrected chi connectivity index (χ1v) is 8.13. The van der Waals surface area contributed by atoms with Gasteiger partial charge in [-0.1, -0.05) is 78.9 Å². The first-order chi connectivity index (χ1) is 11.8. The fourth-order valence-corrected chi connectivity index (χ4v) is 2.86. The summed E-state index contributed by atoms with van der Waals surface area (Å²) in [5.41, 5.74) is 4.39. The van der Waals surface area contributed by atoms with Gasteiger partial charge in [-0.25, -0.2) is 0 Å². The minimum absolute atomic E-state index is 0.753. The molecular weight excluding hydrogens is 292 g/mol. The molecule has 0 aliphatic heterocycles. The van der Waals surface area contributed by atoms with Crippen molar-refractivity contribution in [2.75, 3.05) is 0 Å². The van der Waals surface area contributed by atoms with E-state index in [4.69, 9.17) is 0 Å². The van der Waals surface area contributed by atoms with E-state index < -0.39 is 0 Å². The summed E-state index contributed by atoms with van der Waals surface area (Å²) >= 11 is 0. The highest BCUT2D eigenvalue weighted by atomic mass is 15.1. The average Bonchev–Trinajstić information content (AvgIpc) is 2.64. The molecule has 0 spiro atoms. The number of nitriles is 1. The normalized spacial score (nSPS) is 10.5. The minimum Gasteiger partial charge on any atom is -0.291 e. The molecule has 0 N–H and O–H groups in total. The van der Waals surface area contributed by atoms with Gasteiger partial charge >= 0.3 is 0 Å². The maximum absolute atomic E-state index is 9.34. The van der Waals surface area contributed by atoms with Crippen LogP contribution in [0.2, 0.25) is 0 Å². The van der Waals surface area contributed by atoms with Gasteiger partial charge in [-0.05, 0) is 22.8 Å². The Balaban J connectivity index is 1.82. The van der Waals surface area contributed by atoms with Crippen LogP contribution in [0.4, 0.5) is 0 Å². The van der Waals surface area contributed by atoms with Gasteiger partial charge in [-0.2, -0.15) is 5.26 Å². The Labute approximate surface area is 143 Å². The molecule has 0 fully saturated rings. The summed E-state index contributed by atoms with van der Waals surface area (Å²) in [6.45, 7) is 2.47. The molecule has 0 saturated carbocycles. The minimum atomic E-state index is 0.753. The van der Waals surface area contributed by atoms with Crippen molar-refractivity contribution < 1.29 is 0 Å². The van der Waals surface area contributed by atoms with Gasteiger partial charge in [0.15, 0.2) is 0 Å². The molecule has 0 radical (unpaired) electrons. The van der Waals surface area contributed by atoms with Crippen molar-refractivity contribution in [3.8, 4) is 6.07 Å². The lowest BCUT2D eigenvalue weighted by atomic mass is 10.1. The quantitative estimate of drug-likeness (QED) is 0.656. The molecule has 0 bridgehead atoms. The van der Waals surface area contributed by atoms with Crippen LogP contribution in [0.5, 0.6) is 0 Å². The maximum atomic E-state index is 9.34. The summed E-state index contributed by atoms with van der Waals surface area (Å²) in [5, 5.41) is 9.34. The number of nitrogens with zero attached hydrogens (tertiary/aromatic N) is 2. The number of benzene rings is 3. The second-order valence-electron chi connectivity index (χ2n) is 5.89. The van der Waals surface area contributed by atoms with Crippen molar-refractivity contribution in [1.82, 2.24) is 4.90 Å². The lowest BCUT2D eigenvalue weighted by molar-refractivity contribution is 0.247. The molecule has 24 heavy (non-hydrogen) atoms. The molecule has 3 aromatic carbocycles. The van der Waals surface area contributed by atoms with Crippen LogP contribution in [0, 0.1) is 11.3 Å². The molecule has 3 aromatic rings. The van der Waals surface area contributed by atoms with E-state index >= 15 is 0 Å². The van der Waals surface area contributed by atoms with Crippen LogP contribution in [-0.2, 0) is 19.6 Å². The summed E-state index contributed by atoms with van der Waals surface area (Å²) in [4.78, 5) is 2.38. The Bertz CT molecular complexity index is 763. The van der Waals surface area contributed by atoms with Crippen molar-refractivity contribution >= 4 is 0 Å². The Morgan fingerprint density at radius 1 is 0.625 bits per heavy atom. The summed E-state index contributed by atoms with van der Waals surface area (Å²) in [6, 6.07) is 31.1. The molecule has 2 heteroatoms. The third kappa shape index (κ3) is 4.32. The van der Waals surface area contributed by atoms with E-state index in [0.717, 1.165) is 30.8 Å². The second-order valence-corrected chi connectivity index (χ2v) is 5.89. The van der Waals surface area contributed by atoms with Crippen molar-refractivity contribution in [2.45, 2.75) is 19.6 Å². The third-order valence-corrected chi connectivity index (χ3v) is 4.03. The van der Waals surface area contributed by atoms with Gasteiger partial charge in [0, 0.05) is 19.6 Å². The lowest BCUT2D eigenvalue weighted by Gasteiger charge is -2.23. The Morgan fingerprint density at radius 3 is 1.67 bits per heavy atom. The van der Waals surface area contributed by atoms with Crippen molar-refractivity contribution in [3.05, 3.63) is 107 Å². The van der Waals surface area contributed by atoms with Crippen molar-refractivity contribution in [3.63, 3.8) is 0 Å². The van der Waals surface area contributed by atoms with E-state index in [1.807, 2.05) is 36.4 Å². The zero-order valence-electron chi connectivity index (χ0n) is 13.6. The van der Waals surface area contributed by atoms with Gasteiger partial charge < -0.3 is 0 Å². The first-order valence-electron chi connectivity index (χ1n) is 8.13. The van der Waals surface area contributed by atoms with E-state index in [0.29, 0.717) is 0 Å². The summed E-state index contributed by atoms with van der Waals surface area (Å²) < 4.78 is 0. The van der Waals surface area contributed by atoms with Crippen LogP contribution >= 0.6 is 0 Å². The summed E-state index contributed by atoms with van der Waals surface area (Å²) in [6.07, 6.45) is 0. The standard InChI is InChI=1S/C22H20N2/c23-15-21-13-7-8-14-22(21)18-24(16-19-9-3-1-4-10-19)17-20-11-5-2-6-12-20/h1-14H,16-18H2. The van der Waals surface area contributed by atoms with Gasteiger partial charge in [0.05, 0.1) is 11.6 Å². The van der Waals surface area contributed by atoms with Crippen molar-refractivity contribution in [2.24, 2.45) is 0 Å². The van der Waals surface area contributed by atoms with Gasteiger partial charge in [0.1, 0.15) is 0 Å².